The number of carbonyl (C=O) groups is 3. The molecule has 1 heterocycles. The van der Waals surface area contributed by atoms with Crippen LogP contribution in [0.2, 0.25) is 0 Å². The third kappa shape index (κ3) is 3.85. The van der Waals surface area contributed by atoms with Gasteiger partial charge in [0.2, 0.25) is 5.91 Å². The van der Waals surface area contributed by atoms with Gasteiger partial charge in [-0.2, -0.15) is 0 Å². The van der Waals surface area contributed by atoms with E-state index in [0.29, 0.717) is 29.3 Å². The van der Waals surface area contributed by atoms with Crippen molar-refractivity contribution in [1.82, 2.24) is 0 Å². The van der Waals surface area contributed by atoms with Crippen molar-refractivity contribution in [3.05, 3.63) is 27.2 Å². The summed E-state index contributed by atoms with van der Waals surface area (Å²) < 4.78 is 0. The van der Waals surface area contributed by atoms with E-state index in [1.54, 1.807) is 0 Å². The van der Waals surface area contributed by atoms with Gasteiger partial charge in [0, 0.05) is 4.88 Å². The van der Waals surface area contributed by atoms with Crippen LogP contribution in [0.15, 0.2) is 11.1 Å². The first kappa shape index (κ1) is 20.6. The Morgan fingerprint density at radius 1 is 1.14 bits per heavy atom. The Labute approximate surface area is 169 Å². The second-order valence-corrected chi connectivity index (χ2v) is 9.20. The van der Waals surface area contributed by atoms with Gasteiger partial charge in [0.05, 0.1) is 17.4 Å². The Morgan fingerprint density at radius 3 is 2.36 bits per heavy atom. The van der Waals surface area contributed by atoms with Crippen molar-refractivity contribution in [3.8, 4) is 0 Å². The van der Waals surface area contributed by atoms with Gasteiger partial charge in [0.25, 0.3) is 5.91 Å². The average Bonchev–Trinajstić information content (AvgIpc) is 3.00. The lowest BCUT2D eigenvalue weighted by atomic mass is 9.76. The van der Waals surface area contributed by atoms with Gasteiger partial charge in [-0.15, -0.1) is 11.3 Å². The number of nitrogens with two attached hydrogens (primary N) is 1. The number of carboxylic acids is 1. The molecule has 0 aromatic carbocycles. The Hall–Kier alpha value is -2.15. The number of hydrogen-bond donors (Lipinski definition) is 3. The van der Waals surface area contributed by atoms with Crippen molar-refractivity contribution in [1.29, 1.82) is 0 Å². The maximum absolute atomic E-state index is 13.0. The van der Waals surface area contributed by atoms with Crippen LogP contribution in [0.5, 0.6) is 0 Å². The first-order chi connectivity index (χ1) is 13.2. The zero-order valence-electron chi connectivity index (χ0n) is 16.6. The minimum Gasteiger partial charge on any atom is -0.481 e. The summed E-state index contributed by atoms with van der Waals surface area (Å²) in [5.74, 6) is -2.65. The number of anilines is 1. The topological polar surface area (TPSA) is 109 Å². The first-order valence-corrected chi connectivity index (χ1v) is 10.7. The van der Waals surface area contributed by atoms with E-state index in [1.165, 1.54) is 11.3 Å². The second-order valence-electron chi connectivity index (χ2n) is 8.10. The summed E-state index contributed by atoms with van der Waals surface area (Å²) in [5.41, 5.74) is 9.10. The van der Waals surface area contributed by atoms with Crippen molar-refractivity contribution in [2.75, 3.05) is 5.32 Å². The summed E-state index contributed by atoms with van der Waals surface area (Å²) in [6.45, 7) is 6.02. The predicted molar refractivity (Wildman–Crippen MR) is 109 cm³/mol. The van der Waals surface area contributed by atoms with Crippen LogP contribution in [-0.2, 0) is 22.4 Å². The van der Waals surface area contributed by atoms with Gasteiger partial charge >= 0.3 is 5.97 Å². The minimum atomic E-state index is -0.960. The number of fused-ring (bicyclic) bond motifs is 1. The first-order valence-electron chi connectivity index (χ1n) is 9.86. The number of carboxylic acid groups (broad SMARTS) is 1. The van der Waals surface area contributed by atoms with Crippen molar-refractivity contribution in [2.45, 2.75) is 59.3 Å². The van der Waals surface area contributed by atoms with Gasteiger partial charge in [-0.1, -0.05) is 24.5 Å². The van der Waals surface area contributed by atoms with Gasteiger partial charge in [-0.25, -0.2) is 0 Å². The van der Waals surface area contributed by atoms with Gasteiger partial charge in [-0.05, 0) is 57.4 Å². The zero-order valence-corrected chi connectivity index (χ0v) is 17.4. The number of primary amides is 1. The molecule has 1 aromatic rings. The monoisotopic (exact) mass is 404 g/mol. The number of nitrogens with one attached hydrogen (secondary N) is 1. The van der Waals surface area contributed by atoms with Gasteiger partial charge in [-0.3, -0.25) is 14.4 Å². The number of rotatable bonds is 5. The molecule has 3 atom stereocenters. The molecule has 0 fully saturated rings. The van der Waals surface area contributed by atoms with Crippen LogP contribution >= 0.6 is 11.3 Å². The molecule has 0 unspecified atom stereocenters. The van der Waals surface area contributed by atoms with Crippen molar-refractivity contribution >= 4 is 34.1 Å². The fourth-order valence-electron chi connectivity index (χ4n) is 4.38. The van der Waals surface area contributed by atoms with E-state index >= 15 is 0 Å². The Kier molecular flexibility index (Phi) is 5.93. The average molecular weight is 405 g/mol. The fourth-order valence-corrected chi connectivity index (χ4v) is 5.75. The number of amides is 2. The molecule has 0 saturated heterocycles. The van der Waals surface area contributed by atoms with Crippen LogP contribution in [0.3, 0.4) is 0 Å². The lowest BCUT2D eigenvalue weighted by molar-refractivity contribution is -0.146. The molecule has 0 radical (unpaired) electrons. The molecule has 2 amide bonds. The SMILES string of the molecule is CC[C@@H]1CCc2c(sc(NC(=O)[C@@H]3CC(C)=C(C)C[C@@H]3C(=O)O)c2C(N)=O)C1. The number of aliphatic carboxylic acids is 1. The van der Waals surface area contributed by atoms with Crippen molar-refractivity contribution < 1.29 is 19.5 Å². The molecule has 152 valence electrons. The molecule has 28 heavy (non-hydrogen) atoms. The zero-order chi connectivity index (χ0) is 20.6. The highest BCUT2D eigenvalue weighted by Crippen LogP contribution is 2.41. The third-order valence-electron chi connectivity index (χ3n) is 6.35. The molecule has 2 aliphatic rings. The maximum atomic E-state index is 13.0. The summed E-state index contributed by atoms with van der Waals surface area (Å²) in [7, 11) is 0. The van der Waals surface area contributed by atoms with E-state index in [4.69, 9.17) is 5.73 Å². The largest absolute Gasteiger partial charge is 0.481 e. The summed E-state index contributed by atoms with van der Waals surface area (Å²) >= 11 is 1.42. The number of hydrogen-bond acceptors (Lipinski definition) is 4. The molecule has 6 nitrogen and oxygen atoms in total. The van der Waals surface area contributed by atoms with Crippen LogP contribution in [0, 0.1) is 17.8 Å². The van der Waals surface area contributed by atoms with E-state index in [0.717, 1.165) is 47.3 Å². The number of allylic oxidation sites excluding steroid dienone is 2. The Balaban J connectivity index is 1.89. The van der Waals surface area contributed by atoms with Crippen LogP contribution in [0.1, 0.15) is 67.3 Å². The van der Waals surface area contributed by atoms with E-state index in [2.05, 4.69) is 12.2 Å². The maximum Gasteiger partial charge on any atom is 0.307 e. The van der Waals surface area contributed by atoms with Crippen LogP contribution in [0.25, 0.3) is 0 Å². The molecule has 0 spiro atoms. The van der Waals surface area contributed by atoms with Crippen molar-refractivity contribution in [2.24, 2.45) is 23.5 Å². The van der Waals surface area contributed by atoms with E-state index in [1.807, 2.05) is 13.8 Å². The molecular weight excluding hydrogens is 376 g/mol. The molecule has 3 rings (SSSR count). The molecular formula is C21H28N2O4S. The van der Waals surface area contributed by atoms with Crippen LogP contribution in [0.4, 0.5) is 5.00 Å². The third-order valence-corrected chi connectivity index (χ3v) is 7.52. The smallest absolute Gasteiger partial charge is 0.307 e. The highest BCUT2D eigenvalue weighted by atomic mass is 32.1. The van der Waals surface area contributed by atoms with E-state index < -0.39 is 23.7 Å². The lowest BCUT2D eigenvalue weighted by Crippen LogP contribution is -2.36. The standard InChI is InChI=1S/C21H28N2O4S/c1-4-12-5-6-13-16(9-12)28-20(17(13)18(22)24)23-19(25)14-7-10(2)11(3)8-15(14)21(26)27/h12,14-15H,4-9H2,1-3H3,(H2,22,24)(H,23,25)(H,26,27)/t12-,14-,15+/m1/s1. The van der Waals surface area contributed by atoms with Crippen LogP contribution < -0.4 is 11.1 Å². The highest BCUT2D eigenvalue weighted by molar-refractivity contribution is 7.17. The summed E-state index contributed by atoms with van der Waals surface area (Å²) in [6, 6.07) is 0. The molecule has 7 heteroatoms. The molecule has 4 N–H and O–H groups in total. The highest BCUT2D eigenvalue weighted by Gasteiger charge is 2.38. The summed E-state index contributed by atoms with van der Waals surface area (Å²) in [4.78, 5) is 37.9. The van der Waals surface area contributed by atoms with Gasteiger partial charge < -0.3 is 16.2 Å². The van der Waals surface area contributed by atoms with E-state index in [9.17, 15) is 19.5 Å². The number of carbonyl (C=O) groups excluding carboxylic acids is 2. The Bertz CT molecular complexity index is 855. The van der Waals surface area contributed by atoms with Gasteiger partial charge in [0.15, 0.2) is 0 Å². The number of thiophene rings is 1. The second kappa shape index (κ2) is 8.07. The van der Waals surface area contributed by atoms with E-state index in [-0.39, 0.29) is 5.91 Å². The molecule has 0 saturated carbocycles. The minimum absolute atomic E-state index is 0.340. The fraction of sp³-hybridized carbons (Fsp3) is 0.571. The predicted octanol–water partition coefficient (Wildman–Crippen LogP) is 3.75. The summed E-state index contributed by atoms with van der Waals surface area (Å²) in [5, 5.41) is 12.9. The quantitative estimate of drug-likeness (QED) is 0.649. The molecule has 0 aliphatic heterocycles. The molecule has 1 aromatic heterocycles. The molecule has 2 aliphatic carbocycles. The van der Waals surface area contributed by atoms with Gasteiger partial charge in [0.1, 0.15) is 5.00 Å². The lowest BCUT2D eigenvalue weighted by Gasteiger charge is -2.29. The summed E-state index contributed by atoms with van der Waals surface area (Å²) in [6.07, 6.45) is 4.58. The Morgan fingerprint density at radius 2 is 1.79 bits per heavy atom. The normalized spacial score (nSPS) is 24.6. The van der Waals surface area contributed by atoms with Crippen molar-refractivity contribution in [3.63, 3.8) is 0 Å². The van der Waals surface area contributed by atoms with Crippen LogP contribution in [-0.4, -0.2) is 22.9 Å². The molecule has 0 bridgehead atoms.